The van der Waals surface area contributed by atoms with E-state index in [-0.39, 0.29) is 0 Å². The number of nitrogens with zero attached hydrogens (tertiary/aromatic N) is 5. The number of ether oxygens (including phenoxy) is 1. The van der Waals surface area contributed by atoms with Gasteiger partial charge < -0.3 is 14.5 Å². The Bertz CT molecular complexity index is 720. The van der Waals surface area contributed by atoms with Crippen molar-refractivity contribution in [1.29, 1.82) is 0 Å². The van der Waals surface area contributed by atoms with Crippen molar-refractivity contribution in [1.82, 2.24) is 15.1 Å². The van der Waals surface area contributed by atoms with E-state index in [4.69, 9.17) is 4.74 Å². The molecule has 28 heavy (non-hydrogen) atoms. The predicted molar refractivity (Wildman–Crippen MR) is 113 cm³/mol. The Kier molecular flexibility index (Phi) is 6.27. The first kappa shape index (κ1) is 19.0. The fraction of sp³-hybridized carbons (Fsp3) is 0.545. The number of piperazine rings is 1. The van der Waals surface area contributed by atoms with Crippen molar-refractivity contribution in [2.75, 3.05) is 62.7 Å². The van der Waals surface area contributed by atoms with E-state index in [0.29, 0.717) is 0 Å². The van der Waals surface area contributed by atoms with E-state index in [0.717, 1.165) is 69.6 Å². The number of methoxy groups -OCH3 is 1. The molecule has 150 valence electrons. The zero-order valence-corrected chi connectivity index (χ0v) is 16.9. The van der Waals surface area contributed by atoms with Gasteiger partial charge in [0.15, 0.2) is 11.6 Å². The number of anilines is 2. The molecule has 1 aromatic heterocycles. The summed E-state index contributed by atoms with van der Waals surface area (Å²) in [6, 6.07) is 12.7. The molecule has 2 aromatic rings. The number of hydrogen-bond donors (Lipinski definition) is 0. The molecular formula is C22H31N5O. The first-order valence-electron chi connectivity index (χ1n) is 10.5. The van der Waals surface area contributed by atoms with Crippen molar-refractivity contribution >= 4 is 11.6 Å². The zero-order chi connectivity index (χ0) is 19.2. The van der Waals surface area contributed by atoms with Crippen molar-refractivity contribution < 1.29 is 4.74 Å². The maximum Gasteiger partial charge on any atom is 0.151 e. The molecule has 0 bridgehead atoms. The van der Waals surface area contributed by atoms with E-state index in [1.165, 1.54) is 24.8 Å². The Hall–Kier alpha value is -2.34. The molecule has 4 rings (SSSR count). The van der Waals surface area contributed by atoms with E-state index < -0.39 is 0 Å². The summed E-state index contributed by atoms with van der Waals surface area (Å²) < 4.78 is 5.23. The smallest absolute Gasteiger partial charge is 0.151 e. The van der Waals surface area contributed by atoms with Crippen LogP contribution in [0.2, 0.25) is 0 Å². The summed E-state index contributed by atoms with van der Waals surface area (Å²) in [4.78, 5) is 7.25. The van der Waals surface area contributed by atoms with E-state index >= 15 is 0 Å². The lowest BCUT2D eigenvalue weighted by molar-refractivity contribution is 0.260. The lowest BCUT2D eigenvalue weighted by atomic mass is 10.1. The van der Waals surface area contributed by atoms with Crippen molar-refractivity contribution in [3.05, 3.63) is 42.0 Å². The molecule has 6 heteroatoms. The van der Waals surface area contributed by atoms with Crippen LogP contribution in [0.3, 0.4) is 0 Å². The van der Waals surface area contributed by atoms with E-state index in [1.807, 2.05) is 12.1 Å². The predicted octanol–water partition coefficient (Wildman–Crippen LogP) is 2.84. The van der Waals surface area contributed by atoms with Crippen LogP contribution in [-0.2, 0) is 6.42 Å². The summed E-state index contributed by atoms with van der Waals surface area (Å²) in [5.74, 6) is 2.96. The summed E-state index contributed by atoms with van der Waals surface area (Å²) in [5, 5.41) is 9.01. The van der Waals surface area contributed by atoms with Crippen molar-refractivity contribution in [2.24, 2.45) is 0 Å². The fourth-order valence-corrected chi connectivity index (χ4v) is 4.06. The molecule has 6 nitrogen and oxygen atoms in total. The first-order chi connectivity index (χ1) is 13.8. The third kappa shape index (κ3) is 4.73. The Labute approximate surface area is 168 Å². The second-order valence-corrected chi connectivity index (χ2v) is 7.72. The van der Waals surface area contributed by atoms with Crippen LogP contribution in [0.1, 0.15) is 24.8 Å². The van der Waals surface area contributed by atoms with Crippen LogP contribution in [0.5, 0.6) is 5.75 Å². The molecule has 2 aliphatic heterocycles. The zero-order valence-electron chi connectivity index (χ0n) is 16.9. The van der Waals surface area contributed by atoms with Crippen LogP contribution >= 0.6 is 0 Å². The molecule has 0 N–H and O–H groups in total. The average molecular weight is 382 g/mol. The molecule has 2 saturated heterocycles. The Morgan fingerprint density at radius 1 is 0.750 bits per heavy atom. The molecular weight excluding hydrogens is 350 g/mol. The van der Waals surface area contributed by atoms with E-state index in [1.54, 1.807) is 7.11 Å². The standard InChI is InChI=1S/C22H31N5O/c1-28-20-7-5-19(6-8-20)11-14-25-15-17-27(18-16-25)22-10-9-21(23-24-22)26-12-3-2-4-13-26/h5-10H,2-4,11-18H2,1H3. The molecule has 0 amide bonds. The highest BCUT2D eigenvalue weighted by molar-refractivity contribution is 5.45. The van der Waals surface area contributed by atoms with Crippen LogP contribution in [0.25, 0.3) is 0 Å². The van der Waals surface area contributed by atoms with Crippen LogP contribution in [0.4, 0.5) is 11.6 Å². The van der Waals surface area contributed by atoms with Crippen molar-refractivity contribution in [3.63, 3.8) is 0 Å². The SMILES string of the molecule is COc1ccc(CCN2CCN(c3ccc(N4CCCCC4)nn3)CC2)cc1. The highest BCUT2D eigenvalue weighted by Crippen LogP contribution is 2.20. The third-order valence-corrected chi connectivity index (χ3v) is 5.89. The van der Waals surface area contributed by atoms with Crippen LogP contribution < -0.4 is 14.5 Å². The highest BCUT2D eigenvalue weighted by Gasteiger charge is 2.19. The van der Waals surface area contributed by atoms with E-state index in [9.17, 15) is 0 Å². The number of hydrogen-bond acceptors (Lipinski definition) is 6. The topological polar surface area (TPSA) is 44.7 Å². The molecule has 0 saturated carbocycles. The van der Waals surface area contributed by atoms with Gasteiger partial charge in [0.1, 0.15) is 5.75 Å². The summed E-state index contributed by atoms with van der Waals surface area (Å²) >= 11 is 0. The van der Waals surface area contributed by atoms with Gasteiger partial charge in [0.05, 0.1) is 7.11 Å². The molecule has 2 aliphatic rings. The van der Waals surface area contributed by atoms with Gasteiger partial charge in [-0.2, -0.15) is 0 Å². The summed E-state index contributed by atoms with van der Waals surface area (Å²) in [6.07, 6.45) is 4.95. The number of rotatable bonds is 6. The van der Waals surface area contributed by atoms with Gasteiger partial charge in [-0.25, -0.2) is 0 Å². The minimum absolute atomic E-state index is 0.921. The molecule has 0 spiro atoms. The number of benzene rings is 1. The Morgan fingerprint density at radius 3 is 1.93 bits per heavy atom. The van der Waals surface area contributed by atoms with Gasteiger partial charge in [0, 0.05) is 45.8 Å². The highest BCUT2D eigenvalue weighted by atomic mass is 16.5. The molecule has 1 aromatic carbocycles. The van der Waals surface area contributed by atoms with Crippen LogP contribution in [0, 0.1) is 0 Å². The van der Waals surface area contributed by atoms with Gasteiger partial charge in [0.2, 0.25) is 0 Å². The summed E-state index contributed by atoms with van der Waals surface area (Å²) in [5.41, 5.74) is 1.36. The normalized spacial score (nSPS) is 18.3. The fourth-order valence-electron chi connectivity index (χ4n) is 4.06. The quantitative estimate of drug-likeness (QED) is 0.767. The maximum atomic E-state index is 5.23. The second kappa shape index (κ2) is 9.24. The average Bonchev–Trinajstić information content (AvgIpc) is 2.79. The van der Waals surface area contributed by atoms with Crippen molar-refractivity contribution in [2.45, 2.75) is 25.7 Å². The molecule has 0 aliphatic carbocycles. The first-order valence-corrected chi connectivity index (χ1v) is 10.5. The van der Waals surface area contributed by atoms with Gasteiger partial charge in [-0.3, -0.25) is 4.90 Å². The molecule has 2 fully saturated rings. The van der Waals surface area contributed by atoms with Gasteiger partial charge in [0.25, 0.3) is 0 Å². The van der Waals surface area contributed by atoms with Gasteiger partial charge in [-0.15, -0.1) is 10.2 Å². The minimum atomic E-state index is 0.921. The van der Waals surface area contributed by atoms with Crippen LogP contribution in [0.15, 0.2) is 36.4 Å². The van der Waals surface area contributed by atoms with Gasteiger partial charge in [-0.1, -0.05) is 12.1 Å². The third-order valence-electron chi connectivity index (χ3n) is 5.89. The Morgan fingerprint density at radius 2 is 1.36 bits per heavy atom. The van der Waals surface area contributed by atoms with Gasteiger partial charge >= 0.3 is 0 Å². The molecule has 3 heterocycles. The Balaban J connectivity index is 1.24. The monoisotopic (exact) mass is 381 g/mol. The molecule has 0 radical (unpaired) electrons. The molecule has 0 atom stereocenters. The minimum Gasteiger partial charge on any atom is -0.497 e. The second-order valence-electron chi connectivity index (χ2n) is 7.72. The maximum absolute atomic E-state index is 5.23. The lowest BCUT2D eigenvalue weighted by Crippen LogP contribution is -2.47. The number of piperidine rings is 1. The number of aromatic nitrogens is 2. The summed E-state index contributed by atoms with van der Waals surface area (Å²) in [7, 11) is 1.71. The van der Waals surface area contributed by atoms with Gasteiger partial charge in [-0.05, 0) is 55.5 Å². The molecule has 0 unspecified atom stereocenters. The lowest BCUT2D eigenvalue weighted by Gasteiger charge is -2.35. The van der Waals surface area contributed by atoms with E-state index in [2.05, 4.69) is 49.2 Å². The summed E-state index contributed by atoms with van der Waals surface area (Å²) in [6.45, 7) is 7.50. The van der Waals surface area contributed by atoms with Crippen LogP contribution in [-0.4, -0.2) is 68.0 Å². The van der Waals surface area contributed by atoms with Crippen molar-refractivity contribution in [3.8, 4) is 5.75 Å². The largest absolute Gasteiger partial charge is 0.497 e.